The van der Waals surface area contributed by atoms with Gasteiger partial charge in [-0.1, -0.05) is 6.42 Å². The standard InChI is InChI=1S/C10H15FN4O/c11-8-6-13-10(15-12)14-9(8)16-7-4-2-1-3-5-7/h6-7H,1-5,12H2,(H,13,14,15). The van der Waals surface area contributed by atoms with Crippen LogP contribution in [-0.2, 0) is 0 Å². The van der Waals surface area contributed by atoms with Crippen LogP contribution in [0.25, 0.3) is 0 Å². The summed E-state index contributed by atoms with van der Waals surface area (Å²) in [5.41, 5.74) is 2.26. The van der Waals surface area contributed by atoms with Gasteiger partial charge in [-0.2, -0.15) is 9.37 Å². The molecule has 1 fully saturated rings. The number of ether oxygens (including phenoxy) is 1. The van der Waals surface area contributed by atoms with Crippen LogP contribution >= 0.6 is 0 Å². The zero-order valence-electron chi connectivity index (χ0n) is 8.95. The Bertz CT molecular complexity index is 355. The molecule has 1 heterocycles. The molecule has 1 aliphatic carbocycles. The zero-order valence-corrected chi connectivity index (χ0v) is 8.95. The molecule has 5 nitrogen and oxygen atoms in total. The second kappa shape index (κ2) is 5.07. The number of nitrogens with zero attached hydrogens (tertiary/aromatic N) is 2. The van der Waals surface area contributed by atoms with Gasteiger partial charge in [-0.15, -0.1) is 0 Å². The molecule has 0 aliphatic heterocycles. The van der Waals surface area contributed by atoms with Crippen LogP contribution in [0.3, 0.4) is 0 Å². The number of aromatic nitrogens is 2. The molecule has 0 unspecified atom stereocenters. The van der Waals surface area contributed by atoms with Gasteiger partial charge in [0, 0.05) is 0 Å². The van der Waals surface area contributed by atoms with Crippen LogP contribution in [0.15, 0.2) is 6.20 Å². The van der Waals surface area contributed by atoms with Crippen molar-refractivity contribution in [2.75, 3.05) is 5.43 Å². The van der Waals surface area contributed by atoms with Crippen molar-refractivity contribution in [3.05, 3.63) is 12.0 Å². The normalized spacial score (nSPS) is 17.1. The molecule has 1 aromatic rings. The molecule has 0 amide bonds. The summed E-state index contributed by atoms with van der Waals surface area (Å²) in [7, 11) is 0. The third kappa shape index (κ3) is 2.57. The second-order valence-corrected chi connectivity index (χ2v) is 3.87. The number of hydrazine groups is 1. The molecule has 1 saturated carbocycles. The summed E-state index contributed by atoms with van der Waals surface area (Å²) in [6, 6.07) is 0. The third-order valence-electron chi connectivity index (χ3n) is 2.67. The predicted molar refractivity (Wildman–Crippen MR) is 57.3 cm³/mol. The first kappa shape index (κ1) is 11.1. The Hall–Kier alpha value is -1.43. The molecule has 0 radical (unpaired) electrons. The van der Waals surface area contributed by atoms with Gasteiger partial charge in [0.1, 0.15) is 6.10 Å². The second-order valence-electron chi connectivity index (χ2n) is 3.87. The number of nitrogens with two attached hydrogens (primary N) is 1. The average Bonchev–Trinajstić information content (AvgIpc) is 2.33. The molecule has 0 aromatic carbocycles. The summed E-state index contributed by atoms with van der Waals surface area (Å²) in [6.07, 6.45) is 6.49. The van der Waals surface area contributed by atoms with Gasteiger partial charge in [-0.05, 0) is 25.7 Å². The van der Waals surface area contributed by atoms with Crippen molar-refractivity contribution < 1.29 is 9.13 Å². The lowest BCUT2D eigenvalue weighted by Gasteiger charge is -2.22. The fourth-order valence-corrected chi connectivity index (χ4v) is 1.84. The van der Waals surface area contributed by atoms with E-state index in [4.69, 9.17) is 10.6 Å². The number of halogens is 1. The lowest BCUT2D eigenvalue weighted by Crippen LogP contribution is -2.21. The molecule has 2 rings (SSSR count). The molecule has 1 aromatic heterocycles. The van der Waals surface area contributed by atoms with Gasteiger partial charge in [-0.25, -0.2) is 10.8 Å². The largest absolute Gasteiger partial charge is 0.472 e. The van der Waals surface area contributed by atoms with Crippen LogP contribution in [0.1, 0.15) is 32.1 Å². The first-order valence-corrected chi connectivity index (χ1v) is 5.45. The number of nitrogen functional groups attached to an aromatic ring is 1. The van der Waals surface area contributed by atoms with Gasteiger partial charge in [-0.3, -0.25) is 5.43 Å². The average molecular weight is 226 g/mol. The van der Waals surface area contributed by atoms with Gasteiger partial charge >= 0.3 is 0 Å². The van der Waals surface area contributed by atoms with E-state index >= 15 is 0 Å². The molecule has 88 valence electrons. The van der Waals surface area contributed by atoms with Crippen LogP contribution < -0.4 is 16.0 Å². The van der Waals surface area contributed by atoms with E-state index in [1.54, 1.807) is 0 Å². The molecule has 16 heavy (non-hydrogen) atoms. The first-order chi connectivity index (χ1) is 7.79. The third-order valence-corrected chi connectivity index (χ3v) is 2.67. The maximum absolute atomic E-state index is 13.3. The molecular weight excluding hydrogens is 211 g/mol. The lowest BCUT2D eigenvalue weighted by molar-refractivity contribution is 0.142. The molecule has 0 atom stereocenters. The van der Waals surface area contributed by atoms with Gasteiger partial charge < -0.3 is 4.74 Å². The van der Waals surface area contributed by atoms with Crippen molar-refractivity contribution in [1.29, 1.82) is 0 Å². The maximum atomic E-state index is 13.3. The quantitative estimate of drug-likeness (QED) is 0.605. The van der Waals surface area contributed by atoms with E-state index in [9.17, 15) is 4.39 Å². The highest BCUT2D eigenvalue weighted by Crippen LogP contribution is 2.24. The Morgan fingerprint density at radius 3 is 2.81 bits per heavy atom. The van der Waals surface area contributed by atoms with E-state index in [-0.39, 0.29) is 17.9 Å². The Morgan fingerprint density at radius 1 is 1.38 bits per heavy atom. The van der Waals surface area contributed by atoms with Crippen molar-refractivity contribution in [1.82, 2.24) is 9.97 Å². The zero-order chi connectivity index (χ0) is 11.4. The number of rotatable bonds is 3. The first-order valence-electron chi connectivity index (χ1n) is 5.45. The summed E-state index contributed by atoms with van der Waals surface area (Å²) < 4.78 is 18.8. The Balaban J connectivity index is 2.06. The lowest BCUT2D eigenvalue weighted by atomic mass is 9.98. The van der Waals surface area contributed by atoms with Crippen molar-refractivity contribution in [2.24, 2.45) is 5.84 Å². The minimum atomic E-state index is -0.551. The molecule has 0 saturated heterocycles. The predicted octanol–water partition coefficient (Wildman–Crippen LogP) is 1.61. The van der Waals surface area contributed by atoms with E-state index in [2.05, 4.69) is 15.4 Å². The fourth-order valence-electron chi connectivity index (χ4n) is 1.84. The topological polar surface area (TPSA) is 73.1 Å². The highest BCUT2D eigenvalue weighted by atomic mass is 19.1. The van der Waals surface area contributed by atoms with E-state index in [0.717, 1.165) is 31.9 Å². The monoisotopic (exact) mass is 226 g/mol. The van der Waals surface area contributed by atoms with E-state index < -0.39 is 5.82 Å². The molecule has 3 N–H and O–H groups in total. The number of nitrogens with one attached hydrogen (secondary N) is 1. The Morgan fingerprint density at radius 2 is 2.12 bits per heavy atom. The van der Waals surface area contributed by atoms with Crippen molar-refractivity contribution in [2.45, 2.75) is 38.2 Å². The highest BCUT2D eigenvalue weighted by Gasteiger charge is 2.18. The summed E-state index contributed by atoms with van der Waals surface area (Å²) in [6.45, 7) is 0. The summed E-state index contributed by atoms with van der Waals surface area (Å²) in [4.78, 5) is 7.49. The summed E-state index contributed by atoms with van der Waals surface area (Å²) >= 11 is 0. The van der Waals surface area contributed by atoms with E-state index in [0.29, 0.717) is 0 Å². The van der Waals surface area contributed by atoms with Crippen molar-refractivity contribution >= 4 is 5.95 Å². The van der Waals surface area contributed by atoms with Crippen molar-refractivity contribution in [3.63, 3.8) is 0 Å². The number of hydrogen-bond acceptors (Lipinski definition) is 5. The maximum Gasteiger partial charge on any atom is 0.255 e. The SMILES string of the molecule is NNc1ncc(F)c(OC2CCCCC2)n1. The molecule has 0 bridgehead atoms. The van der Waals surface area contributed by atoms with Crippen LogP contribution in [-0.4, -0.2) is 16.1 Å². The van der Waals surface area contributed by atoms with Crippen LogP contribution in [0.4, 0.5) is 10.3 Å². The smallest absolute Gasteiger partial charge is 0.255 e. The summed E-state index contributed by atoms with van der Waals surface area (Å²) in [5.74, 6) is 4.74. The molecular formula is C10H15FN4O. The van der Waals surface area contributed by atoms with Gasteiger partial charge in [0.25, 0.3) is 5.88 Å². The molecule has 0 spiro atoms. The van der Waals surface area contributed by atoms with Gasteiger partial charge in [0.15, 0.2) is 0 Å². The fraction of sp³-hybridized carbons (Fsp3) is 0.600. The molecule has 6 heteroatoms. The Kier molecular flexibility index (Phi) is 3.51. The van der Waals surface area contributed by atoms with Gasteiger partial charge in [0.05, 0.1) is 6.20 Å². The van der Waals surface area contributed by atoms with Crippen molar-refractivity contribution in [3.8, 4) is 5.88 Å². The minimum Gasteiger partial charge on any atom is -0.472 e. The van der Waals surface area contributed by atoms with Gasteiger partial charge in [0.2, 0.25) is 11.8 Å². The number of hydrogen-bond donors (Lipinski definition) is 2. The highest BCUT2D eigenvalue weighted by molar-refractivity contribution is 5.26. The number of anilines is 1. The summed E-state index contributed by atoms with van der Waals surface area (Å²) in [5, 5.41) is 0. The van der Waals surface area contributed by atoms with Crippen LogP contribution in [0.2, 0.25) is 0 Å². The van der Waals surface area contributed by atoms with Crippen LogP contribution in [0, 0.1) is 5.82 Å². The Labute approximate surface area is 93.2 Å². The molecule has 1 aliphatic rings. The minimum absolute atomic E-state index is 0.0187. The van der Waals surface area contributed by atoms with E-state index in [1.807, 2.05) is 0 Å². The van der Waals surface area contributed by atoms with Crippen LogP contribution in [0.5, 0.6) is 5.88 Å². The van der Waals surface area contributed by atoms with E-state index in [1.165, 1.54) is 6.42 Å².